The van der Waals surface area contributed by atoms with Crippen molar-refractivity contribution in [3.63, 3.8) is 0 Å². The number of carbonyl (C=O) groups excluding carboxylic acids is 2. The number of ether oxygens (including phenoxy) is 1. The van der Waals surface area contributed by atoms with Gasteiger partial charge >= 0.3 is 5.97 Å². The number of benzene rings is 1. The predicted molar refractivity (Wildman–Crippen MR) is 73.0 cm³/mol. The van der Waals surface area contributed by atoms with Crippen LogP contribution >= 0.6 is 0 Å². The molecule has 20 heavy (non-hydrogen) atoms. The number of methoxy groups -OCH3 is 1. The van der Waals surface area contributed by atoms with Gasteiger partial charge in [0.05, 0.1) is 19.6 Å². The summed E-state index contributed by atoms with van der Waals surface area (Å²) < 4.78 is 4.73. The largest absolute Gasteiger partial charge is 0.469 e. The van der Waals surface area contributed by atoms with Crippen LogP contribution in [0, 0.1) is 5.92 Å². The third-order valence-electron chi connectivity index (χ3n) is 3.70. The number of aliphatic hydroxyl groups excluding tert-OH is 1. The maximum absolute atomic E-state index is 12.3. The number of rotatable bonds is 3. The molecule has 5 nitrogen and oxygen atoms in total. The van der Waals surface area contributed by atoms with Crippen molar-refractivity contribution < 1.29 is 19.4 Å². The molecule has 0 saturated carbocycles. The topological polar surface area (TPSA) is 66.8 Å². The van der Waals surface area contributed by atoms with E-state index in [0.29, 0.717) is 31.5 Å². The standard InChI is InChI=1S/C15H19NO4/c1-20-15(19)13-6-8-16(9-7-13)14(18)12-4-2-11(10-17)3-5-12/h2-5,13,17H,6-10H2,1H3. The quantitative estimate of drug-likeness (QED) is 0.843. The monoisotopic (exact) mass is 277 g/mol. The third-order valence-corrected chi connectivity index (χ3v) is 3.70. The van der Waals surface area contributed by atoms with E-state index < -0.39 is 0 Å². The summed E-state index contributed by atoms with van der Waals surface area (Å²) in [6.45, 7) is 1.11. The van der Waals surface area contributed by atoms with Gasteiger partial charge in [0.1, 0.15) is 0 Å². The van der Waals surface area contributed by atoms with Crippen LogP contribution in [0.5, 0.6) is 0 Å². The molecule has 1 N–H and O–H groups in total. The molecule has 1 amide bonds. The summed E-state index contributed by atoms with van der Waals surface area (Å²) in [7, 11) is 1.39. The number of piperidine rings is 1. The number of esters is 1. The second-order valence-electron chi connectivity index (χ2n) is 4.94. The van der Waals surface area contributed by atoms with Gasteiger partial charge in [0, 0.05) is 18.7 Å². The van der Waals surface area contributed by atoms with Crippen LogP contribution in [0.25, 0.3) is 0 Å². The molecule has 1 saturated heterocycles. The molecule has 1 fully saturated rings. The average molecular weight is 277 g/mol. The van der Waals surface area contributed by atoms with Crippen LogP contribution in [0.15, 0.2) is 24.3 Å². The van der Waals surface area contributed by atoms with E-state index >= 15 is 0 Å². The highest BCUT2D eigenvalue weighted by Crippen LogP contribution is 2.20. The number of nitrogens with zero attached hydrogens (tertiary/aromatic N) is 1. The minimum Gasteiger partial charge on any atom is -0.469 e. The Bertz CT molecular complexity index is 475. The molecule has 5 heteroatoms. The van der Waals surface area contributed by atoms with E-state index in [9.17, 15) is 9.59 Å². The molecular formula is C15H19NO4. The van der Waals surface area contributed by atoms with Gasteiger partial charge in [-0.15, -0.1) is 0 Å². The van der Waals surface area contributed by atoms with Gasteiger partial charge in [-0.05, 0) is 30.5 Å². The number of carbonyl (C=O) groups is 2. The van der Waals surface area contributed by atoms with Crippen molar-refractivity contribution in [3.8, 4) is 0 Å². The van der Waals surface area contributed by atoms with Gasteiger partial charge in [0.25, 0.3) is 5.91 Å². The number of hydrogen-bond donors (Lipinski definition) is 1. The van der Waals surface area contributed by atoms with Crippen molar-refractivity contribution in [1.29, 1.82) is 0 Å². The molecule has 1 aliphatic rings. The predicted octanol–water partition coefficient (Wildman–Crippen LogP) is 1.20. The Hall–Kier alpha value is -1.88. The lowest BCUT2D eigenvalue weighted by molar-refractivity contribution is -0.146. The van der Waals surface area contributed by atoms with Gasteiger partial charge in [0.15, 0.2) is 0 Å². The molecule has 0 atom stereocenters. The van der Waals surface area contributed by atoms with Crippen LogP contribution < -0.4 is 0 Å². The minimum atomic E-state index is -0.190. The zero-order chi connectivity index (χ0) is 14.5. The lowest BCUT2D eigenvalue weighted by Gasteiger charge is -2.30. The van der Waals surface area contributed by atoms with Gasteiger partial charge in [-0.25, -0.2) is 0 Å². The normalized spacial score (nSPS) is 16.0. The zero-order valence-electron chi connectivity index (χ0n) is 11.5. The van der Waals surface area contributed by atoms with E-state index in [1.807, 2.05) is 0 Å². The maximum atomic E-state index is 12.3. The molecule has 1 heterocycles. The molecule has 0 aromatic heterocycles. The molecule has 0 radical (unpaired) electrons. The summed E-state index contributed by atoms with van der Waals surface area (Å²) >= 11 is 0. The van der Waals surface area contributed by atoms with Crippen LogP contribution in [-0.4, -0.2) is 42.1 Å². The highest BCUT2D eigenvalue weighted by atomic mass is 16.5. The van der Waals surface area contributed by atoms with E-state index in [4.69, 9.17) is 9.84 Å². The first-order chi connectivity index (χ1) is 9.65. The Balaban J connectivity index is 1.95. The van der Waals surface area contributed by atoms with Crippen molar-refractivity contribution >= 4 is 11.9 Å². The van der Waals surface area contributed by atoms with Gasteiger partial charge in [0.2, 0.25) is 0 Å². The Kier molecular flexibility index (Phi) is 4.74. The smallest absolute Gasteiger partial charge is 0.308 e. The summed E-state index contributed by atoms with van der Waals surface area (Å²) in [6, 6.07) is 6.93. The fourth-order valence-corrected chi connectivity index (χ4v) is 2.42. The highest BCUT2D eigenvalue weighted by molar-refractivity contribution is 5.94. The van der Waals surface area contributed by atoms with Gasteiger partial charge < -0.3 is 14.7 Å². The average Bonchev–Trinajstić information content (AvgIpc) is 2.53. The van der Waals surface area contributed by atoms with Crippen LogP contribution in [0.2, 0.25) is 0 Å². The summed E-state index contributed by atoms with van der Waals surface area (Å²) in [5.74, 6) is -0.317. The molecule has 0 bridgehead atoms. The minimum absolute atomic E-state index is 0.0288. The van der Waals surface area contributed by atoms with Crippen molar-refractivity contribution in [2.45, 2.75) is 19.4 Å². The second kappa shape index (κ2) is 6.52. The molecule has 0 unspecified atom stereocenters. The van der Waals surface area contributed by atoms with E-state index in [0.717, 1.165) is 5.56 Å². The van der Waals surface area contributed by atoms with Crippen LogP contribution in [0.4, 0.5) is 0 Å². The van der Waals surface area contributed by atoms with Crippen molar-refractivity contribution in [2.24, 2.45) is 5.92 Å². The fourth-order valence-electron chi connectivity index (χ4n) is 2.42. The molecular weight excluding hydrogens is 258 g/mol. The van der Waals surface area contributed by atoms with Crippen LogP contribution in [-0.2, 0) is 16.1 Å². The third kappa shape index (κ3) is 3.17. The number of hydrogen-bond acceptors (Lipinski definition) is 4. The van der Waals surface area contributed by atoms with E-state index in [1.54, 1.807) is 29.2 Å². The lowest BCUT2D eigenvalue weighted by Crippen LogP contribution is -2.40. The van der Waals surface area contributed by atoms with Crippen molar-refractivity contribution in [3.05, 3.63) is 35.4 Å². The van der Waals surface area contributed by atoms with E-state index in [2.05, 4.69) is 0 Å². The number of likely N-dealkylation sites (tertiary alicyclic amines) is 1. The molecule has 1 aliphatic heterocycles. The summed E-state index contributed by atoms with van der Waals surface area (Å²) in [4.78, 5) is 25.5. The first-order valence-corrected chi connectivity index (χ1v) is 6.72. The molecule has 2 rings (SSSR count). The molecule has 0 aliphatic carbocycles. The first kappa shape index (κ1) is 14.5. The van der Waals surface area contributed by atoms with Gasteiger partial charge in [-0.2, -0.15) is 0 Å². The molecule has 0 spiro atoms. The van der Waals surface area contributed by atoms with E-state index in [-0.39, 0.29) is 24.4 Å². The molecule has 108 valence electrons. The SMILES string of the molecule is COC(=O)C1CCN(C(=O)c2ccc(CO)cc2)CC1. The lowest BCUT2D eigenvalue weighted by atomic mass is 9.96. The van der Waals surface area contributed by atoms with Gasteiger partial charge in [-0.3, -0.25) is 9.59 Å². The van der Waals surface area contributed by atoms with Crippen molar-refractivity contribution in [1.82, 2.24) is 4.90 Å². The summed E-state index contributed by atoms with van der Waals surface area (Å²) in [5.41, 5.74) is 1.39. The second-order valence-corrected chi connectivity index (χ2v) is 4.94. The van der Waals surface area contributed by atoms with Gasteiger partial charge in [-0.1, -0.05) is 12.1 Å². The van der Waals surface area contributed by atoms with Crippen molar-refractivity contribution in [2.75, 3.05) is 20.2 Å². The summed E-state index contributed by atoms with van der Waals surface area (Å²) in [5, 5.41) is 8.98. The Labute approximate surface area is 118 Å². The highest BCUT2D eigenvalue weighted by Gasteiger charge is 2.28. The Morgan fingerprint density at radius 3 is 2.35 bits per heavy atom. The molecule has 1 aromatic rings. The maximum Gasteiger partial charge on any atom is 0.308 e. The Morgan fingerprint density at radius 1 is 1.25 bits per heavy atom. The number of aliphatic hydroxyl groups is 1. The Morgan fingerprint density at radius 2 is 1.85 bits per heavy atom. The first-order valence-electron chi connectivity index (χ1n) is 6.72. The summed E-state index contributed by atoms with van der Waals surface area (Å²) in [6.07, 6.45) is 1.29. The van der Waals surface area contributed by atoms with Crippen LogP contribution in [0.3, 0.4) is 0 Å². The van der Waals surface area contributed by atoms with E-state index in [1.165, 1.54) is 7.11 Å². The molecule has 1 aromatic carbocycles. The fraction of sp³-hybridized carbons (Fsp3) is 0.467. The van der Waals surface area contributed by atoms with Crippen LogP contribution in [0.1, 0.15) is 28.8 Å². The zero-order valence-corrected chi connectivity index (χ0v) is 11.5. The number of amides is 1.